The molecule has 0 atom stereocenters. The Kier molecular flexibility index (Phi) is 3.57. The fourth-order valence-corrected chi connectivity index (χ4v) is 2.50. The quantitative estimate of drug-likeness (QED) is 0.738. The predicted molar refractivity (Wildman–Crippen MR) is 85.6 cm³/mol. The Morgan fingerprint density at radius 3 is 2.48 bits per heavy atom. The van der Waals surface area contributed by atoms with E-state index in [2.05, 4.69) is 36.2 Å². The van der Waals surface area contributed by atoms with Gasteiger partial charge in [-0.15, -0.1) is 0 Å². The van der Waals surface area contributed by atoms with E-state index in [-0.39, 0.29) is 5.56 Å². The maximum absolute atomic E-state index is 12.3. The van der Waals surface area contributed by atoms with Crippen molar-refractivity contribution in [3.63, 3.8) is 0 Å². The summed E-state index contributed by atoms with van der Waals surface area (Å²) in [6.07, 6.45) is 1.65. The zero-order valence-electron chi connectivity index (χ0n) is 12.3. The van der Waals surface area contributed by atoms with Crippen LogP contribution in [0.5, 0.6) is 0 Å². The van der Waals surface area contributed by atoms with Gasteiger partial charge >= 0.3 is 0 Å². The molecule has 1 heterocycles. The Hall–Kier alpha value is -2.42. The van der Waals surface area contributed by atoms with Crippen LogP contribution in [0.2, 0.25) is 0 Å². The number of fused-ring (bicyclic) bond motifs is 1. The lowest BCUT2D eigenvalue weighted by Gasteiger charge is -2.09. The molecule has 0 spiro atoms. The number of hydrogen-bond acceptors (Lipinski definition) is 2. The number of aromatic nitrogens is 2. The average Bonchev–Trinajstić information content (AvgIpc) is 2.51. The molecule has 0 bridgehead atoms. The van der Waals surface area contributed by atoms with Gasteiger partial charge in [0.2, 0.25) is 0 Å². The highest BCUT2D eigenvalue weighted by molar-refractivity contribution is 5.77. The molecule has 2 aromatic carbocycles. The van der Waals surface area contributed by atoms with E-state index in [1.165, 1.54) is 11.1 Å². The molecule has 106 valence electrons. The number of para-hydroxylation sites is 1. The lowest BCUT2D eigenvalue weighted by molar-refractivity contribution is 0.726. The molecule has 0 saturated heterocycles. The molecule has 0 radical (unpaired) electrons. The van der Waals surface area contributed by atoms with E-state index < -0.39 is 0 Å². The van der Waals surface area contributed by atoms with Gasteiger partial charge in [-0.3, -0.25) is 9.36 Å². The molecule has 0 aliphatic heterocycles. The van der Waals surface area contributed by atoms with Gasteiger partial charge < -0.3 is 0 Å². The van der Waals surface area contributed by atoms with Crippen LogP contribution in [0.25, 0.3) is 10.9 Å². The second-order valence-corrected chi connectivity index (χ2v) is 5.39. The lowest BCUT2D eigenvalue weighted by atomic mass is 10.1. The molecule has 0 aliphatic rings. The molecule has 3 rings (SSSR count). The summed E-state index contributed by atoms with van der Waals surface area (Å²) in [7, 11) is 1.80. The Balaban J connectivity index is 1.92. The Morgan fingerprint density at radius 1 is 1.00 bits per heavy atom. The van der Waals surface area contributed by atoms with E-state index in [0.717, 1.165) is 24.2 Å². The molecule has 0 aliphatic carbocycles. The summed E-state index contributed by atoms with van der Waals surface area (Å²) in [5, 5.41) is 0.680. The first-order valence-electron chi connectivity index (χ1n) is 7.15. The number of hydrogen-bond donors (Lipinski definition) is 0. The first-order valence-corrected chi connectivity index (χ1v) is 7.15. The van der Waals surface area contributed by atoms with Gasteiger partial charge in [-0.25, -0.2) is 4.98 Å². The fraction of sp³-hybridized carbons (Fsp3) is 0.222. The number of rotatable bonds is 3. The van der Waals surface area contributed by atoms with Crippen molar-refractivity contribution < 1.29 is 0 Å². The highest BCUT2D eigenvalue weighted by atomic mass is 16.1. The topological polar surface area (TPSA) is 34.9 Å². The van der Waals surface area contributed by atoms with Gasteiger partial charge in [-0.1, -0.05) is 42.0 Å². The van der Waals surface area contributed by atoms with Crippen molar-refractivity contribution >= 4 is 10.9 Å². The van der Waals surface area contributed by atoms with Gasteiger partial charge in [0.05, 0.1) is 10.9 Å². The minimum absolute atomic E-state index is 0.0273. The standard InChI is InChI=1S/C18H18N2O/c1-13-7-9-14(10-8-13)11-12-17-19-16-6-4-3-5-15(16)18(21)20(17)2/h3-10H,11-12H2,1-2H3. The molecule has 0 amide bonds. The second kappa shape index (κ2) is 5.52. The third-order valence-corrected chi connectivity index (χ3v) is 3.83. The van der Waals surface area contributed by atoms with Crippen LogP contribution >= 0.6 is 0 Å². The van der Waals surface area contributed by atoms with Crippen LogP contribution < -0.4 is 5.56 Å². The lowest BCUT2D eigenvalue weighted by Crippen LogP contribution is -2.22. The smallest absolute Gasteiger partial charge is 0.261 e. The summed E-state index contributed by atoms with van der Waals surface area (Å²) < 4.78 is 1.66. The van der Waals surface area contributed by atoms with Crippen molar-refractivity contribution in [1.82, 2.24) is 9.55 Å². The minimum Gasteiger partial charge on any atom is -0.299 e. The van der Waals surface area contributed by atoms with Crippen LogP contribution in [0.1, 0.15) is 17.0 Å². The normalized spacial score (nSPS) is 11.0. The highest BCUT2D eigenvalue weighted by Crippen LogP contribution is 2.10. The largest absolute Gasteiger partial charge is 0.299 e. The molecular formula is C18H18N2O. The maximum Gasteiger partial charge on any atom is 0.261 e. The van der Waals surface area contributed by atoms with Crippen molar-refractivity contribution in [2.24, 2.45) is 7.05 Å². The van der Waals surface area contributed by atoms with Gasteiger partial charge in [-0.05, 0) is 31.0 Å². The van der Waals surface area contributed by atoms with Crippen LogP contribution in [-0.4, -0.2) is 9.55 Å². The molecule has 0 unspecified atom stereocenters. The number of aryl methyl sites for hydroxylation is 3. The maximum atomic E-state index is 12.3. The number of benzene rings is 2. The van der Waals surface area contributed by atoms with Gasteiger partial charge in [-0.2, -0.15) is 0 Å². The van der Waals surface area contributed by atoms with Crippen LogP contribution in [0.3, 0.4) is 0 Å². The summed E-state index contributed by atoms with van der Waals surface area (Å²) in [4.78, 5) is 17.0. The van der Waals surface area contributed by atoms with Crippen molar-refractivity contribution in [3.05, 3.63) is 75.8 Å². The molecule has 0 N–H and O–H groups in total. The summed E-state index contributed by atoms with van der Waals surface area (Å²) in [5.41, 5.74) is 3.33. The van der Waals surface area contributed by atoms with Gasteiger partial charge in [0.25, 0.3) is 5.56 Å². The Bertz CT molecular complexity index is 832. The minimum atomic E-state index is 0.0273. The fourth-order valence-electron chi connectivity index (χ4n) is 2.50. The molecular weight excluding hydrogens is 260 g/mol. The zero-order valence-corrected chi connectivity index (χ0v) is 12.3. The Labute approximate surface area is 123 Å². The molecule has 3 aromatic rings. The second-order valence-electron chi connectivity index (χ2n) is 5.39. The monoisotopic (exact) mass is 278 g/mol. The average molecular weight is 278 g/mol. The summed E-state index contributed by atoms with van der Waals surface area (Å²) in [6, 6.07) is 16.0. The molecule has 0 saturated carbocycles. The molecule has 21 heavy (non-hydrogen) atoms. The Morgan fingerprint density at radius 2 is 1.71 bits per heavy atom. The van der Waals surface area contributed by atoms with Crippen molar-refractivity contribution in [1.29, 1.82) is 0 Å². The summed E-state index contributed by atoms with van der Waals surface area (Å²) in [6.45, 7) is 2.08. The van der Waals surface area contributed by atoms with Crippen molar-refractivity contribution in [2.75, 3.05) is 0 Å². The predicted octanol–water partition coefficient (Wildman–Crippen LogP) is 3.03. The van der Waals surface area contributed by atoms with Gasteiger partial charge in [0, 0.05) is 13.5 Å². The zero-order chi connectivity index (χ0) is 14.8. The highest BCUT2D eigenvalue weighted by Gasteiger charge is 2.07. The van der Waals surface area contributed by atoms with E-state index in [1.807, 2.05) is 24.3 Å². The molecule has 1 aromatic heterocycles. The first kappa shape index (κ1) is 13.6. The molecule has 3 nitrogen and oxygen atoms in total. The van der Waals surface area contributed by atoms with E-state index in [9.17, 15) is 4.79 Å². The van der Waals surface area contributed by atoms with E-state index in [1.54, 1.807) is 11.6 Å². The third-order valence-electron chi connectivity index (χ3n) is 3.83. The van der Waals surface area contributed by atoms with Crippen LogP contribution in [-0.2, 0) is 19.9 Å². The summed E-state index contributed by atoms with van der Waals surface area (Å²) in [5.74, 6) is 0.833. The van der Waals surface area contributed by atoms with Crippen molar-refractivity contribution in [3.8, 4) is 0 Å². The number of nitrogens with zero attached hydrogens (tertiary/aromatic N) is 2. The van der Waals surface area contributed by atoms with Crippen LogP contribution in [0.4, 0.5) is 0 Å². The third kappa shape index (κ3) is 2.72. The summed E-state index contributed by atoms with van der Waals surface area (Å²) >= 11 is 0. The first-order chi connectivity index (χ1) is 10.1. The van der Waals surface area contributed by atoms with Crippen molar-refractivity contribution in [2.45, 2.75) is 19.8 Å². The molecule has 3 heteroatoms. The van der Waals surface area contributed by atoms with E-state index in [0.29, 0.717) is 5.39 Å². The molecule has 0 fully saturated rings. The van der Waals surface area contributed by atoms with Crippen LogP contribution in [0, 0.1) is 6.92 Å². The van der Waals surface area contributed by atoms with Crippen LogP contribution in [0.15, 0.2) is 53.3 Å². The van der Waals surface area contributed by atoms with Gasteiger partial charge in [0.15, 0.2) is 0 Å². The van der Waals surface area contributed by atoms with Gasteiger partial charge in [0.1, 0.15) is 5.82 Å². The van der Waals surface area contributed by atoms with E-state index >= 15 is 0 Å². The SMILES string of the molecule is Cc1ccc(CCc2nc3ccccc3c(=O)n2C)cc1. The van der Waals surface area contributed by atoms with E-state index in [4.69, 9.17) is 0 Å².